The summed E-state index contributed by atoms with van der Waals surface area (Å²) in [4.78, 5) is -0.859. The van der Waals surface area contributed by atoms with Gasteiger partial charge >= 0.3 is 0 Å². The molecule has 0 atom stereocenters. The van der Waals surface area contributed by atoms with Crippen LogP contribution in [0.15, 0.2) is 17.0 Å². The zero-order valence-electron chi connectivity index (χ0n) is 11.8. The van der Waals surface area contributed by atoms with Crippen molar-refractivity contribution >= 4 is 10.0 Å². The number of rotatable bonds is 4. The van der Waals surface area contributed by atoms with Crippen LogP contribution in [0.1, 0.15) is 39.0 Å². The van der Waals surface area contributed by atoms with E-state index < -0.39 is 26.6 Å². The fourth-order valence-electron chi connectivity index (χ4n) is 2.66. The molecule has 0 heterocycles. The normalized spacial score (nSPS) is 23.0. The van der Waals surface area contributed by atoms with Gasteiger partial charge in [-0.2, -0.15) is 4.39 Å². The Morgan fingerprint density at radius 2 is 1.81 bits per heavy atom. The summed E-state index contributed by atoms with van der Waals surface area (Å²) in [6.45, 7) is 2.13. The van der Waals surface area contributed by atoms with Gasteiger partial charge in [-0.05, 0) is 43.7 Å². The van der Waals surface area contributed by atoms with Gasteiger partial charge in [0.2, 0.25) is 15.8 Å². The summed E-state index contributed by atoms with van der Waals surface area (Å²) < 4.78 is 55.3. The lowest BCUT2D eigenvalue weighted by Crippen LogP contribution is -2.24. The Bertz CT molecular complexity index is 611. The molecule has 1 saturated carbocycles. The van der Waals surface area contributed by atoms with Gasteiger partial charge in [-0.1, -0.05) is 13.3 Å². The molecule has 0 saturated heterocycles. The van der Waals surface area contributed by atoms with Gasteiger partial charge in [-0.25, -0.2) is 17.9 Å². The Morgan fingerprint density at radius 3 is 2.33 bits per heavy atom. The average Bonchev–Trinajstić information content (AvgIpc) is 2.43. The predicted octanol–water partition coefficient (Wildman–Crippen LogP) is 2.96. The van der Waals surface area contributed by atoms with Crippen LogP contribution in [0.2, 0.25) is 0 Å². The number of benzene rings is 1. The van der Waals surface area contributed by atoms with Gasteiger partial charge in [-0.3, -0.25) is 0 Å². The minimum atomic E-state index is -4.29. The molecule has 7 heteroatoms. The summed E-state index contributed by atoms with van der Waals surface area (Å²) in [6.07, 6.45) is 4.52. The van der Waals surface area contributed by atoms with Crippen LogP contribution in [0.5, 0.6) is 5.75 Å². The summed E-state index contributed by atoms with van der Waals surface area (Å²) >= 11 is 0. The van der Waals surface area contributed by atoms with Gasteiger partial charge in [0.05, 0.1) is 6.10 Å². The van der Waals surface area contributed by atoms with E-state index in [4.69, 9.17) is 9.88 Å². The highest BCUT2D eigenvalue weighted by atomic mass is 32.2. The van der Waals surface area contributed by atoms with Crippen molar-refractivity contribution in [3.8, 4) is 5.75 Å². The molecule has 2 rings (SSSR count). The zero-order valence-corrected chi connectivity index (χ0v) is 12.6. The van der Waals surface area contributed by atoms with Gasteiger partial charge in [0.1, 0.15) is 4.90 Å². The number of hydrogen-bond donors (Lipinski definition) is 1. The van der Waals surface area contributed by atoms with Crippen LogP contribution in [0.25, 0.3) is 0 Å². The van der Waals surface area contributed by atoms with Crippen LogP contribution in [0, 0.1) is 17.6 Å². The molecule has 1 aromatic carbocycles. The molecule has 0 unspecified atom stereocenters. The van der Waals surface area contributed by atoms with Crippen molar-refractivity contribution in [1.82, 2.24) is 0 Å². The van der Waals surface area contributed by atoms with Crippen LogP contribution in [-0.4, -0.2) is 14.5 Å². The molecule has 0 amide bonds. The summed E-state index contributed by atoms with van der Waals surface area (Å²) in [5, 5.41) is 4.82. The topological polar surface area (TPSA) is 69.4 Å². The SMILES string of the molecule is CCC1CCC(Oc2ccc(S(N)(=O)=O)c(F)c2F)CC1. The molecule has 1 aliphatic rings. The summed E-state index contributed by atoms with van der Waals surface area (Å²) in [7, 11) is -4.29. The average molecular weight is 319 g/mol. The van der Waals surface area contributed by atoms with Crippen molar-refractivity contribution in [2.24, 2.45) is 11.1 Å². The van der Waals surface area contributed by atoms with E-state index in [0.717, 1.165) is 44.2 Å². The van der Waals surface area contributed by atoms with Gasteiger partial charge < -0.3 is 4.74 Å². The molecule has 0 spiro atoms. The predicted molar refractivity (Wildman–Crippen MR) is 74.4 cm³/mol. The maximum Gasteiger partial charge on any atom is 0.241 e. The number of sulfonamides is 1. The lowest BCUT2D eigenvalue weighted by Gasteiger charge is -2.28. The molecule has 1 aromatic rings. The van der Waals surface area contributed by atoms with Crippen LogP contribution >= 0.6 is 0 Å². The van der Waals surface area contributed by atoms with Crippen molar-refractivity contribution in [3.63, 3.8) is 0 Å². The molecule has 0 aliphatic heterocycles. The van der Waals surface area contributed by atoms with Crippen LogP contribution in [0.3, 0.4) is 0 Å². The molecular formula is C14H19F2NO3S. The lowest BCUT2D eigenvalue weighted by atomic mass is 9.86. The molecule has 0 aromatic heterocycles. The van der Waals surface area contributed by atoms with Crippen molar-refractivity contribution < 1.29 is 21.9 Å². The number of ether oxygens (including phenoxy) is 1. The Hall–Kier alpha value is -1.21. The van der Waals surface area contributed by atoms with E-state index in [1.807, 2.05) is 0 Å². The Kier molecular flexibility index (Phi) is 4.83. The second-order valence-corrected chi connectivity index (χ2v) is 6.93. The zero-order chi connectivity index (χ0) is 15.6. The molecular weight excluding hydrogens is 300 g/mol. The van der Waals surface area contributed by atoms with Gasteiger partial charge in [0, 0.05) is 0 Å². The number of halogens is 2. The smallest absolute Gasteiger partial charge is 0.241 e. The van der Waals surface area contributed by atoms with E-state index in [1.165, 1.54) is 0 Å². The molecule has 21 heavy (non-hydrogen) atoms. The summed E-state index contributed by atoms with van der Waals surface area (Å²) in [5.74, 6) is -2.40. The van der Waals surface area contributed by atoms with Gasteiger partial charge in [0.25, 0.3) is 0 Å². The molecule has 2 N–H and O–H groups in total. The highest BCUT2D eigenvalue weighted by Gasteiger charge is 2.25. The number of primary sulfonamides is 1. The molecule has 4 nitrogen and oxygen atoms in total. The van der Waals surface area contributed by atoms with Crippen molar-refractivity contribution in [3.05, 3.63) is 23.8 Å². The number of nitrogens with two attached hydrogens (primary N) is 1. The largest absolute Gasteiger partial charge is 0.487 e. The molecule has 1 aliphatic carbocycles. The Balaban J connectivity index is 2.14. The quantitative estimate of drug-likeness (QED) is 0.927. The molecule has 118 valence electrons. The molecule has 1 fully saturated rings. The first-order chi connectivity index (χ1) is 9.82. The Labute approximate surface area is 123 Å². The van der Waals surface area contributed by atoms with E-state index in [0.29, 0.717) is 5.92 Å². The maximum atomic E-state index is 13.9. The third kappa shape index (κ3) is 3.71. The summed E-state index contributed by atoms with van der Waals surface area (Å²) in [6, 6.07) is 2.05. The first-order valence-electron chi connectivity index (χ1n) is 7.00. The van der Waals surface area contributed by atoms with Crippen molar-refractivity contribution in [2.75, 3.05) is 0 Å². The first-order valence-corrected chi connectivity index (χ1v) is 8.55. The lowest BCUT2D eigenvalue weighted by molar-refractivity contribution is 0.123. The minimum absolute atomic E-state index is 0.165. The van der Waals surface area contributed by atoms with E-state index >= 15 is 0 Å². The highest BCUT2D eigenvalue weighted by Crippen LogP contribution is 2.31. The maximum absolute atomic E-state index is 13.9. The second kappa shape index (κ2) is 6.27. The van der Waals surface area contributed by atoms with Crippen LogP contribution in [0.4, 0.5) is 8.78 Å². The third-order valence-electron chi connectivity index (χ3n) is 3.98. The third-order valence-corrected chi connectivity index (χ3v) is 4.91. The standard InChI is InChI=1S/C14H19F2NO3S/c1-2-9-3-5-10(6-4-9)20-11-7-8-12(21(17,18)19)14(16)13(11)15/h7-10H,2-6H2,1H3,(H2,17,18,19). The fourth-order valence-corrected chi connectivity index (χ4v) is 3.26. The second-order valence-electron chi connectivity index (χ2n) is 5.40. The first kappa shape index (κ1) is 16.2. The van der Waals surface area contributed by atoms with E-state index in [9.17, 15) is 17.2 Å². The Morgan fingerprint density at radius 1 is 1.19 bits per heavy atom. The fraction of sp³-hybridized carbons (Fsp3) is 0.571. The van der Waals surface area contributed by atoms with Crippen molar-refractivity contribution in [1.29, 1.82) is 0 Å². The van der Waals surface area contributed by atoms with Crippen LogP contribution in [-0.2, 0) is 10.0 Å². The minimum Gasteiger partial charge on any atom is -0.487 e. The van der Waals surface area contributed by atoms with Gasteiger partial charge in [-0.15, -0.1) is 0 Å². The van der Waals surface area contributed by atoms with Gasteiger partial charge in [0.15, 0.2) is 11.6 Å². The van der Waals surface area contributed by atoms with E-state index in [1.54, 1.807) is 0 Å². The number of hydrogen-bond acceptors (Lipinski definition) is 3. The van der Waals surface area contributed by atoms with E-state index in [2.05, 4.69) is 6.92 Å². The highest BCUT2D eigenvalue weighted by molar-refractivity contribution is 7.89. The molecule has 0 bridgehead atoms. The summed E-state index contributed by atoms with van der Waals surface area (Å²) in [5.41, 5.74) is 0. The molecule has 0 radical (unpaired) electrons. The monoisotopic (exact) mass is 319 g/mol. The van der Waals surface area contributed by atoms with Crippen molar-refractivity contribution in [2.45, 2.75) is 50.0 Å². The van der Waals surface area contributed by atoms with Crippen LogP contribution < -0.4 is 9.88 Å². The van der Waals surface area contributed by atoms with E-state index in [-0.39, 0.29) is 11.9 Å².